The maximum atomic E-state index is 13.5. The molecular formula is C29H32N4O4S2. The van der Waals surface area contributed by atoms with Crippen LogP contribution < -0.4 is 15.6 Å². The van der Waals surface area contributed by atoms with Crippen LogP contribution in [0.3, 0.4) is 0 Å². The van der Waals surface area contributed by atoms with E-state index < -0.39 is 10.3 Å². The van der Waals surface area contributed by atoms with Gasteiger partial charge in [-0.3, -0.25) is 19.1 Å². The molecule has 3 N–H and O–H groups in total. The maximum Gasteiger partial charge on any atom is 0.359 e. The normalized spacial score (nSPS) is 13.0. The number of hydrogen-bond acceptors (Lipinski definition) is 7. The number of aryl methyl sites for hydroxylation is 1. The standard InChI is InChI=1S/C29H32N4O4S2/c1-3-24-20-38-29(30-24)27(19-22-14-16-25(17-15-22)33-39(35,36)37-2)31-32-28(34)26(23-12-8-5-9-13-23)18-21-10-6-4-7-11-21/h4-17,20,26-27,31,33H,3,18-19H2,1-2H3,(H,32,34)/t26?,27-/m0/s1. The number of nitrogens with one attached hydrogen (secondary N) is 3. The van der Waals surface area contributed by atoms with Crippen LogP contribution in [0, 0.1) is 0 Å². The lowest BCUT2D eigenvalue weighted by atomic mass is 9.91. The van der Waals surface area contributed by atoms with Crippen LogP contribution in [0.15, 0.2) is 90.3 Å². The minimum Gasteiger partial charge on any atom is -0.290 e. The van der Waals surface area contributed by atoms with E-state index in [0.717, 1.165) is 40.9 Å². The number of carbonyl (C=O) groups is 1. The molecule has 4 aromatic rings. The Bertz CT molecular complexity index is 1440. The highest BCUT2D eigenvalue weighted by molar-refractivity contribution is 7.88. The largest absolute Gasteiger partial charge is 0.359 e. The number of anilines is 1. The summed E-state index contributed by atoms with van der Waals surface area (Å²) in [5.74, 6) is -0.510. The lowest BCUT2D eigenvalue weighted by Crippen LogP contribution is -2.43. The second kappa shape index (κ2) is 13.5. The topological polar surface area (TPSA) is 109 Å². The molecule has 0 spiro atoms. The van der Waals surface area contributed by atoms with Crippen LogP contribution in [-0.2, 0) is 38.5 Å². The summed E-state index contributed by atoms with van der Waals surface area (Å²) < 4.78 is 30.2. The van der Waals surface area contributed by atoms with Crippen molar-refractivity contribution in [2.45, 2.75) is 38.1 Å². The Balaban J connectivity index is 1.51. The van der Waals surface area contributed by atoms with Gasteiger partial charge in [0.1, 0.15) is 5.01 Å². The Labute approximate surface area is 233 Å². The van der Waals surface area contributed by atoms with Crippen molar-refractivity contribution in [3.05, 3.63) is 118 Å². The Hall–Kier alpha value is -3.57. The molecule has 39 heavy (non-hydrogen) atoms. The molecule has 8 nitrogen and oxygen atoms in total. The molecule has 1 heterocycles. The molecule has 4 rings (SSSR count). The summed E-state index contributed by atoms with van der Waals surface area (Å²) in [5.41, 5.74) is 10.6. The first-order chi connectivity index (χ1) is 18.9. The van der Waals surface area contributed by atoms with Crippen molar-refractivity contribution in [3.8, 4) is 0 Å². The zero-order valence-corrected chi connectivity index (χ0v) is 23.5. The van der Waals surface area contributed by atoms with Gasteiger partial charge in [-0.15, -0.1) is 11.3 Å². The van der Waals surface area contributed by atoms with E-state index in [1.165, 1.54) is 0 Å². The smallest absolute Gasteiger partial charge is 0.290 e. The number of benzene rings is 3. The predicted octanol–water partition coefficient (Wildman–Crippen LogP) is 4.94. The average Bonchev–Trinajstić information content (AvgIpc) is 3.45. The molecule has 0 saturated carbocycles. The fourth-order valence-electron chi connectivity index (χ4n) is 4.12. The van der Waals surface area contributed by atoms with Crippen LogP contribution in [-0.4, -0.2) is 26.4 Å². The Morgan fingerprint density at radius 2 is 1.56 bits per heavy atom. The van der Waals surface area contributed by atoms with Gasteiger partial charge in [0.2, 0.25) is 5.91 Å². The summed E-state index contributed by atoms with van der Waals surface area (Å²) in [5, 5.41) is 2.88. The van der Waals surface area contributed by atoms with Crippen molar-refractivity contribution in [3.63, 3.8) is 0 Å². The van der Waals surface area contributed by atoms with Crippen LogP contribution >= 0.6 is 11.3 Å². The molecule has 3 aromatic carbocycles. The van der Waals surface area contributed by atoms with Gasteiger partial charge in [0, 0.05) is 5.38 Å². The molecule has 0 saturated heterocycles. The minimum absolute atomic E-state index is 0.133. The van der Waals surface area contributed by atoms with Crippen molar-refractivity contribution in [2.24, 2.45) is 0 Å². The van der Waals surface area contributed by atoms with Gasteiger partial charge in [-0.1, -0.05) is 79.7 Å². The monoisotopic (exact) mass is 564 g/mol. The molecule has 0 aliphatic heterocycles. The first-order valence-corrected chi connectivity index (χ1v) is 14.9. The quantitative estimate of drug-likeness (QED) is 0.199. The molecule has 0 radical (unpaired) electrons. The molecule has 2 atom stereocenters. The Morgan fingerprint density at radius 3 is 2.18 bits per heavy atom. The van der Waals surface area contributed by atoms with Gasteiger partial charge in [0.25, 0.3) is 0 Å². The summed E-state index contributed by atoms with van der Waals surface area (Å²) in [7, 11) is -2.74. The number of rotatable bonds is 13. The van der Waals surface area contributed by atoms with E-state index in [1.54, 1.807) is 23.5 Å². The van der Waals surface area contributed by atoms with Crippen LogP contribution in [0.2, 0.25) is 0 Å². The fourth-order valence-corrected chi connectivity index (χ4v) is 5.58. The van der Waals surface area contributed by atoms with E-state index in [0.29, 0.717) is 18.5 Å². The lowest BCUT2D eigenvalue weighted by molar-refractivity contribution is -0.123. The van der Waals surface area contributed by atoms with E-state index in [-0.39, 0.29) is 17.9 Å². The van der Waals surface area contributed by atoms with E-state index in [4.69, 9.17) is 4.98 Å². The highest BCUT2D eigenvalue weighted by Gasteiger charge is 2.23. The van der Waals surface area contributed by atoms with E-state index >= 15 is 0 Å². The number of hydrogen-bond donors (Lipinski definition) is 3. The molecule has 1 amide bonds. The van der Waals surface area contributed by atoms with Crippen LogP contribution in [0.4, 0.5) is 5.69 Å². The molecule has 10 heteroatoms. The fraction of sp³-hybridized carbons (Fsp3) is 0.241. The minimum atomic E-state index is -3.84. The van der Waals surface area contributed by atoms with Crippen molar-refractivity contribution in [1.29, 1.82) is 0 Å². The Kier molecular flexibility index (Phi) is 9.83. The molecule has 0 bridgehead atoms. The van der Waals surface area contributed by atoms with Gasteiger partial charge in [-0.2, -0.15) is 8.42 Å². The second-order valence-corrected chi connectivity index (χ2v) is 11.3. The number of thiazole rings is 1. The summed E-state index contributed by atoms with van der Waals surface area (Å²) in [4.78, 5) is 18.3. The zero-order chi connectivity index (χ0) is 27.7. The number of hydrazine groups is 1. The molecule has 1 aromatic heterocycles. The highest BCUT2D eigenvalue weighted by atomic mass is 32.2. The average molecular weight is 565 g/mol. The lowest BCUT2D eigenvalue weighted by Gasteiger charge is -2.22. The summed E-state index contributed by atoms with van der Waals surface area (Å²) >= 11 is 1.54. The number of nitrogens with zero attached hydrogens (tertiary/aromatic N) is 1. The van der Waals surface area contributed by atoms with Gasteiger partial charge < -0.3 is 0 Å². The van der Waals surface area contributed by atoms with Crippen LogP contribution in [0.1, 0.15) is 46.3 Å². The summed E-state index contributed by atoms with van der Waals surface area (Å²) in [6.45, 7) is 2.05. The van der Waals surface area contributed by atoms with Gasteiger partial charge in [0.15, 0.2) is 0 Å². The van der Waals surface area contributed by atoms with Gasteiger partial charge in [-0.05, 0) is 48.1 Å². The number of carbonyl (C=O) groups excluding carboxylic acids is 1. The van der Waals surface area contributed by atoms with Crippen molar-refractivity contribution in [1.82, 2.24) is 15.8 Å². The zero-order valence-electron chi connectivity index (χ0n) is 21.8. The van der Waals surface area contributed by atoms with E-state index in [9.17, 15) is 13.2 Å². The molecule has 0 aliphatic rings. The van der Waals surface area contributed by atoms with E-state index in [2.05, 4.69) is 26.7 Å². The van der Waals surface area contributed by atoms with Crippen LogP contribution in [0.5, 0.6) is 0 Å². The third-order valence-corrected chi connectivity index (χ3v) is 8.19. The summed E-state index contributed by atoms with van der Waals surface area (Å²) in [6, 6.07) is 26.5. The predicted molar refractivity (Wildman–Crippen MR) is 155 cm³/mol. The van der Waals surface area contributed by atoms with Crippen LogP contribution in [0.25, 0.3) is 0 Å². The Morgan fingerprint density at radius 1 is 0.923 bits per heavy atom. The molecule has 204 valence electrons. The maximum absolute atomic E-state index is 13.5. The molecular weight excluding hydrogens is 532 g/mol. The third kappa shape index (κ3) is 8.21. The number of aromatic nitrogens is 1. The van der Waals surface area contributed by atoms with Gasteiger partial charge in [0.05, 0.1) is 30.5 Å². The van der Waals surface area contributed by atoms with Crippen molar-refractivity contribution in [2.75, 3.05) is 11.8 Å². The number of amides is 1. The molecule has 1 unspecified atom stereocenters. The first-order valence-electron chi connectivity index (χ1n) is 12.6. The van der Waals surface area contributed by atoms with Gasteiger partial charge in [-0.25, -0.2) is 10.4 Å². The first kappa shape index (κ1) is 28.4. The molecule has 0 aliphatic carbocycles. The second-order valence-electron chi connectivity index (χ2n) is 8.99. The van der Waals surface area contributed by atoms with Gasteiger partial charge >= 0.3 is 10.3 Å². The third-order valence-electron chi connectivity index (χ3n) is 6.26. The SMILES string of the molecule is CCc1csc([C@H](Cc2ccc(NS(=O)(=O)OC)cc2)NNC(=O)C(Cc2ccccc2)c2ccccc2)n1. The van der Waals surface area contributed by atoms with Crippen molar-refractivity contribution < 1.29 is 17.4 Å². The summed E-state index contributed by atoms with van der Waals surface area (Å²) in [6.07, 6.45) is 1.92. The van der Waals surface area contributed by atoms with Crippen molar-refractivity contribution >= 4 is 33.2 Å². The van der Waals surface area contributed by atoms with E-state index in [1.807, 2.05) is 78.2 Å². The highest BCUT2D eigenvalue weighted by Crippen LogP contribution is 2.25. The molecule has 0 fully saturated rings.